The minimum atomic E-state index is 0.0610. The average molecular weight is 244 g/mol. The fourth-order valence-corrected chi connectivity index (χ4v) is 2.27. The first-order valence-corrected chi connectivity index (χ1v) is 6.96. The zero-order valence-electron chi connectivity index (χ0n) is 11.9. The molecule has 0 aromatic rings. The van der Waals surface area contributed by atoms with Gasteiger partial charge in [-0.3, -0.25) is 4.90 Å². The largest absolute Gasteiger partial charge is 0.330 e. The molecule has 0 spiro atoms. The lowest BCUT2D eigenvalue weighted by atomic mass is 9.99. The van der Waals surface area contributed by atoms with E-state index in [4.69, 9.17) is 17.2 Å². The molecule has 4 heteroatoms. The van der Waals surface area contributed by atoms with Crippen LogP contribution in [0.3, 0.4) is 0 Å². The van der Waals surface area contributed by atoms with Crippen LogP contribution < -0.4 is 17.2 Å². The monoisotopic (exact) mass is 244 g/mol. The van der Waals surface area contributed by atoms with Crippen LogP contribution in [0.4, 0.5) is 0 Å². The van der Waals surface area contributed by atoms with E-state index >= 15 is 0 Å². The van der Waals surface area contributed by atoms with Crippen molar-refractivity contribution in [3.63, 3.8) is 0 Å². The summed E-state index contributed by atoms with van der Waals surface area (Å²) < 4.78 is 0. The highest BCUT2D eigenvalue weighted by atomic mass is 15.3. The standard InChI is InChI=1S/C13H32N4/c1-4-6-11(2)9-17(10-15)13(16)12(3)7-5-8-14/h11-13H,4-10,14-16H2,1-3H3. The van der Waals surface area contributed by atoms with Crippen molar-refractivity contribution in [2.24, 2.45) is 29.0 Å². The molecule has 17 heavy (non-hydrogen) atoms. The molecule has 0 saturated heterocycles. The Morgan fingerprint density at radius 3 is 2.24 bits per heavy atom. The Kier molecular flexibility index (Phi) is 9.74. The van der Waals surface area contributed by atoms with Crippen molar-refractivity contribution in [1.82, 2.24) is 4.90 Å². The molecule has 0 radical (unpaired) electrons. The summed E-state index contributed by atoms with van der Waals surface area (Å²) >= 11 is 0. The number of nitrogens with zero attached hydrogens (tertiary/aromatic N) is 1. The van der Waals surface area contributed by atoms with Crippen molar-refractivity contribution >= 4 is 0 Å². The van der Waals surface area contributed by atoms with Gasteiger partial charge in [-0.25, -0.2) is 0 Å². The summed E-state index contributed by atoms with van der Waals surface area (Å²) in [5.41, 5.74) is 17.6. The summed E-state index contributed by atoms with van der Waals surface area (Å²) in [6.45, 7) is 8.95. The molecule has 104 valence electrons. The lowest BCUT2D eigenvalue weighted by Crippen LogP contribution is -2.50. The molecular weight excluding hydrogens is 212 g/mol. The second-order valence-electron chi connectivity index (χ2n) is 5.25. The minimum absolute atomic E-state index is 0.0610. The second-order valence-corrected chi connectivity index (χ2v) is 5.25. The quantitative estimate of drug-likeness (QED) is 0.506. The smallest absolute Gasteiger partial charge is 0.0609 e. The van der Waals surface area contributed by atoms with E-state index in [1.54, 1.807) is 0 Å². The maximum Gasteiger partial charge on any atom is 0.0609 e. The Morgan fingerprint density at radius 1 is 1.12 bits per heavy atom. The topological polar surface area (TPSA) is 81.3 Å². The second kappa shape index (κ2) is 9.83. The van der Waals surface area contributed by atoms with E-state index in [0.29, 0.717) is 18.5 Å². The Hall–Kier alpha value is -0.160. The van der Waals surface area contributed by atoms with E-state index in [9.17, 15) is 0 Å². The van der Waals surface area contributed by atoms with Gasteiger partial charge in [-0.05, 0) is 37.6 Å². The molecule has 3 unspecified atom stereocenters. The molecule has 3 atom stereocenters. The number of hydrogen-bond acceptors (Lipinski definition) is 4. The fourth-order valence-electron chi connectivity index (χ4n) is 2.27. The van der Waals surface area contributed by atoms with Crippen molar-refractivity contribution < 1.29 is 0 Å². The molecule has 0 aliphatic carbocycles. The van der Waals surface area contributed by atoms with Gasteiger partial charge in [-0.1, -0.05) is 27.2 Å². The van der Waals surface area contributed by atoms with Gasteiger partial charge < -0.3 is 17.2 Å². The van der Waals surface area contributed by atoms with E-state index < -0.39 is 0 Å². The van der Waals surface area contributed by atoms with Crippen LogP contribution in [0.1, 0.15) is 46.5 Å². The first-order valence-electron chi connectivity index (χ1n) is 6.96. The minimum Gasteiger partial charge on any atom is -0.330 e. The van der Waals surface area contributed by atoms with Gasteiger partial charge >= 0.3 is 0 Å². The van der Waals surface area contributed by atoms with Crippen molar-refractivity contribution in [2.75, 3.05) is 19.8 Å². The molecule has 0 aliphatic rings. The highest BCUT2D eigenvalue weighted by Crippen LogP contribution is 2.15. The predicted octanol–water partition coefficient (Wildman–Crippen LogP) is 1.30. The molecule has 0 amide bonds. The van der Waals surface area contributed by atoms with E-state index in [1.807, 2.05) is 0 Å². The van der Waals surface area contributed by atoms with Crippen LogP contribution in [0.2, 0.25) is 0 Å². The van der Waals surface area contributed by atoms with E-state index in [-0.39, 0.29) is 6.17 Å². The average Bonchev–Trinajstić information content (AvgIpc) is 2.32. The zero-order chi connectivity index (χ0) is 13.3. The zero-order valence-corrected chi connectivity index (χ0v) is 11.9. The molecule has 0 fully saturated rings. The van der Waals surface area contributed by atoms with Crippen LogP contribution in [0.15, 0.2) is 0 Å². The van der Waals surface area contributed by atoms with Crippen LogP contribution in [-0.4, -0.2) is 30.8 Å². The third-order valence-electron chi connectivity index (χ3n) is 3.43. The molecular formula is C13H32N4. The fraction of sp³-hybridized carbons (Fsp3) is 1.00. The van der Waals surface area contributed by atoms with Gasteiger partial charge in [0.25, 0.3) is 0 Å². The Balaban J connectivity index is 4.13. The van der Waals surface area contributed by atoms with Crippen LogP contribution in [0.25, 0.3) is 0 Å². The summed E-state index contributed by atoms with van der Waals surface area (Å²) in [5.74, 6) is 1.12. The molecule has 0 heterocycles. The van der Waals surface area contributed by atoms with Gasteiger partial charge in [0.05, 0.1) is 6.17 Å². The van der Waals surface area contributed by atoms with Crippen LogP contribution >= 0.6 is 0 Å². The van der Waals surface area contributed by atoms with E-state index in [1.165, 1.54) is 12.8 Å². The van der Waals surface area contributed by atoms with Gasteiger partial charge in [0, 0.05) is 13.2 Å². The first-order chi connectivity index (χ1) is 8.06. The number of nitrogens with two attached hydrogens (primary N) is 3. The normalized spacial score (nSPS) is 17.1. The van der Waals surface area contributed by atoms with Crippen LogP contribution in [-0.2, 0) is 0 Å². The van der Waals surface area contributed by atoms with Crippen molar-refractivity contribution in [3.05, 3.63) is 0 Å². The maximum atomic E-state index is 6.26. The van der Waals surface area contributed by atoms with Gasteiger partial charge in [-0.2, -0.15) is 0 Å². The van der Waals surface area contributed by atoms with E-state index in [2.05, 4.69) is 25.7 Å². The van der Waals surface area contributed by atoms with Gasteiger partial charge in [0.15, 0.2) is 0 Å². The summed E-state index contributed by atoms with van der Waals surface area (Å²) in [6, 6.07) is 0. The first kappa shape index (κ1) is 16.8. The summed E-state index contributed by atoms with van der Waals surface area (Å²) in [5, 5.41) is 0. The van der Waals surface area contributed by atoms with Crippen molar-refractivity contribution in [2.45, 2.75) is 52.6 Å². The van der Waals surface area contributed by atoms with Crippen LogP contribution in [0, 0.1) is 11.8 Å². The SMILES string of the molecule is CCCC(C)CN(CN)C(N)C(C)CCCN. The molecule has 0 bridgehead atoms. The van der Waals surface area contributed by atoms with Gasteiger partial charge in [-0.15, -0.1) is 0 Å². The van der Waals surface area contributed by atoms with Gasteiger partial charge in [0.2, 0.25) is 0 Å². The molecule has 0 aromatic carbocycles. The maximum absolute atomic E-state index is 6.26. The third-order valence-corrected chi connectivity index (χ3v) is 3.43. The Labute approximate surface area is 107 Å². The Bertz CT molecular complexity index is 175. The van der Waals surface area contributed by atoms with Gasteiger partial charge in [0.1, 0.15) is 0 Å². The lowest BCUT2D eigenvalue weighted by Gasteiger charge is -2.33. The summed E-state index contributed by atoms with van der Waals surface area (Å²) in [4.78, 5) is 2.20. The highest BCUT2D eigenvalue weighted by molar-refractivity contribution is 4.72. The third kappa shape index (κ3) is 6.99. The molecule has 6 N–H and O–H groups in total. The molecule has 0 aromatic heterocycles. The van der Waals surface area contributed by atoms with Crippen molar-refractivity contribution in [1.29, 1.82) is 0 Å². The van der Waals surface area contributed by atoms with Crippen molar-refractivity contribution in [3.8, 4) is 0 Å². The highest BCUT2D eigenvalue weighted by Gasteiger charge is 2.20. The predicted molar refractivity (Wildman–Crippen MR) is 75.3 cm³/mol. The van der Waals surface area contributed by atoms with E-state index in [0.717, 1.165) is 25.9 Å². The molecule has 0 saturated carbocycles. The Morgan fingerprint density at radius 2 is 1.76 bits per heavy atom. The summed E-state index contributed by atoms with van der Waals surface area (Å²) in [6.07, 6.45) is 4.64. The lowest BCUT2D eigenvalue weighted by molar-refractivity contribution is 0.128. The molecule has 4 nitrogen and oxygen atoms in total. The number of rotatable bonds is 10. The number of hydrogen-bond donors (Lipinski definition) is 3. The molecule has 0 rings (SSSR count). The molecule has 0 aliphatic heterocycles. The van der Waals surface area contributed by atoms with Crippen LogP contribution in [0.5, 0.6) is 0 Å². The summed E-state index contributed by atoms with van der Waals surface area (Å²) in [7, 11) is 0.